The van der Waals surface area contributed by atoms with Gasteiger partial charge in [0.1, 0.15) is 6.15 Å². The van der Waals surface area contributed by atoms with E-state index in [0.29, 0.717) is 12.5 Å². The standard InChI is InChI=1S/C32H12BF24.C16H18NO/c34-25(35,36)13-1-14(26(37,38)39)6-21(5-13)33(22-7-15(27(40,41)42)2-16(8-22)28(43,44)45,23-9-17(29(46,47)48)3-18(10-23)30(49,50)51)24-11-19(31(52,53)54)4-20(12-24)32(55,56)57;1-13(2)15-10-6-7-11-17(15)12-16(18)14-8-4-3-5-9-14/h1-12H;3-11,13H,12H2,1-2H3/q-1;+1. The van der Waals surface area contributed by atoms with Gasteiger partial charge in [-0.1, -0.05) is 98.8 Å². The van der Waals surface area contributed by atoms with Crippen molar-refractivity contribution >= 4 is 33.8 Å². The summed E-state index contributed by atoms with van der Waals surface area (Å²) in [6.07, 6.45) is -52.8. The van der Waals surface area contributed by atoms with Crippen molar-refractivity contribution in [1.29, 1.82) is 0 Å². The molecule has 0 aliphatic rings. The molecule has 0 atom stereocenters. The van der Waals surface area contributed by atoms with E-state index in [1.807, 2.05) is 53.2 Å². The average Bonchev–Trinajstić information content (AvgIpc) is 3.27. The van der Waals surface area contributed by atoms with Crippen LogP contribution in [0.4, 0.5) is 105 Å². The van der Waals surface area contributed by atoms with Crippen LogP contribution >= 0.6 is 0 Å². The molecule has 1 aromatic heterocycles. The highest BCUT2D eigenvalue weighted by Crippen LogP contribution is 2.41. The molecule has 6 aromatic rings. The second kappa shape index (κ2) is 20.4. The van der Waals surface area contributed by atoms with Crippen molar-refractivity contribution in [3.8, 4) is 0 Å². The van der Waals surface area contributed by atoms with Gasteiger partial charge in [-0.2, -0.15) is 132 Å². The van der Waals surface area contributed by atoms with Gasteiger partial charge in [0.15, 0.2) is 11.9 Å². The topological polar surface area (TPSA) is 20.9 Å². The van der Waals surface area contributed by atoms with Crippen LogP contribution in [0.3, 0.4) is 0 Å². The fourth-order valence-electron chi connectivity index (χ4n) is 8.10. The number of Topliss-reactive ketones (excluding diaryl/α,β-unsaturated/α-hetero) is 1. The normalized spacial score (nSPS) is 13.4. The molecule has 0 aliphatic carbocycles. The first-order valence-corrected chi connectivity index (χ1v) is 20.9. The number of rotatable bonds is 8. The van der Waals surface area contributed by atoms with E-state index in [-0.39, 0.29) is 5.78 Å². The molecule has 0 saturated heterocycles. The highest BCUT2D eigenvalue weighted by molar-refractivity contribution is 7.20. The Labute approximate surface area is 407 Å². The zero-order chi connectivity index (χ0) is 56.9. The molecular formula is C48H30BF24NO. The molecular weight excluding hydrogens is 1070 g/mol. The number of aromatic nitrogens is 1. The van der Waals surface area contributed by atoms with Crippen LogP contribution in [0.2, 0.25) is 0 Å². The summed E-state index contributed by atoms with van der Waals surface area (Å²) in [7, 11) is 0. The van der Waals surface area contributed by atoms with Crippen LogP contribution in [-0.4, -0.2) is 11.9 Å². The summed E-state index contributed by atoms with van der Waals surface area (Å²) in [6.45, 7) is 4.68. The molecule has 0 aliphatic heterocycles. The van der Waals surface area contributed by atoms with Crippen molar-refractivity contribution < 1.29 is 115 Å². The highest BCUT2D eigenvalue weighted by Gasteiger charge is 2.47. The Morgan fingerprint density at radius 2 is 0.613 bits per heavy atom. The molecule has 404 valence electrons. The Hall–Kier alpha value is -6.70. The molecule has 0 amide bonds. The summed E-state index contributed by atoms with van der Waals surface area (Å²) in [5, 5.41) is 0. The summed E-state index contributed by atoms with van der Waals surface area (Å²) in [6, 6.07) is 6.67. The number of pyridine rings is 1. The summed E-state index contributed by atoms with van der Waals surface area (Å²) in [4.78, 5) is 12.2. The lowest BCUT2D eigenvalue weighted by molar-refractivity contribution is -0.691. The minimum atomic E-state index is -6.13. The van der Waals surface area contributed by atoms with Crippen molar-refractivity contribution in [2.45, 2.75) is 75.7 Å². The van der Waals surface area contributed by atoms with Gasteiger partial charge in [0.25, 0.3) is 0 Å². The summed E-state index contributed by atoms with van der Waals surface area (Å²) < 4.78 is 343. The number of hydrogen-bond donors (Lipinski definition) is 0. The maximum Gasteiger partial charge on any atom is 0.416 e. The monoisotopic (exact) mass is 1100 g/mol. The van der Waals surface area contributed by atoms with E-state index in [9.17, 15) is 110 Å². The van der Waals surface area contributed by atoms with Gasteiger partial charge >= 0.3 is 49.4 Å². The number of carbonyl (C=O) groups excluding carboxylic acids is 1. The van der Waals surface area contributed by atoms with E-state index in [0.717, 1.165) is 5.56 Å². The Morgan fingerprint density at radius 3 is 0.840 bits per heavy atom. The minimum Gasteiger partial charge on any atom is -0.287 e. The minimum absolute atomic E-state index is 0.147. The molecule has 6 rings (SSSR count). The van der Waals surface area contributed by atoms with Crippen molar-refractivity contribution in [1.82, 2.24) is 0 Å². The van der Waals surface area contributed by atoms with Gasteiger partial charge in [0, 0.05) is 23.6 Å². The molecule has 0 fully saturated rings. The predicted octanol–water partition coefficient (Wildman–Crippen LogP) is 14.2. The quantitative estimate of drug-likeness (QED) is 0.0644. The van der Waals surface area contributed by atoms with Crippen LogP contribution in [0.25, 0.3) is 0 Å². The second-order valence-electron chi connectivity index (χ2n) is 16.9. The maximum absolute atomic E-state index is 14.2. The van der Waals surface area contributed by atoms with E-state index in [4.69, 9.17) is 0 Å². The lowest BCUT2D eigenvalue weighted by atomic mass is 9.12. The zero-order valence-electron chi connectivity index (χ0n) is 37.4. The molecule has 0 radical (unpaired) electrons. The van der Waals surface area contributed by atoms with Crippen molar-refractivity contribution in [3.05, 3.63) is 183 Å². The third-order valence-electron chi connectivity index (χ3n) is 11.4. The van der Waals surface area contributed by atoms with Crippen molar-refractivity contribution in [2.24, 2.45) is 0 Å². The van der Waals surface area contributed by atoms with Crippen LogP contribution in [0.1, 0.15) is 80.3 Å². The Morgan fingerprint density at radius 1 is 0.373 bits per heavy atom. The SMILES string of the molecule is CC(C)c1cccc[n+]1CC(=O)c1ccccc1.FC(F)(F)c1cc([B-](c2cc(C(F)(F)F)cc(C(F)(F)F)c2)(c2cc(C(F)(F)F)cc(C(F)(F)F)c2)c2cc(C(F)(F)F)cc(C(F)(F)F)c2)cc(C(F)(F)F)c1. The molecule has 0 spiro atoms. The number of halogens is 24. The van der Waals surface area contributed by atoms with Gasteiger partial charge in [0.05, 0.1) is 44.5 Å². The first-order chi connectivity index (χ1) is 33.9. The first kappa shape index (κ1) is 59.2. The summed E-state index contributed by atoms with van der Waals surface area (Å²) in [5.74, 6) is 0.559. The smallest absolute Gasteiger partial charge is 0.287 e. The van der Waals surface area contributed by atoms with Gasteiger partial charge in [0.2, 0.25) is 12.3 Å². The molecule has 2 nitrogen and oxygen atoms in total. The fraction of sp³-hybridized carbons (Fsp3) is 0.250. The number of ketones is 1. The van der Waals surface area contributed by atoms with Gasteiger partial charge in [-0.05, 0) is 24.3 Å². The van der Waals surface area contributed by atoms with Crippen LogP contribution in [0.15, 0.2) is 128 Å². The average molecular weight is 1100 g/mol. The number of hydrogen-bond acceptors (Lipinski definition) is 1. The zero-order valence-corrected chi connectivity index (χ0v) is 37.4. The van der Waals surface area contributed by atoms with E-state index >= 15 is 0 Å². The van der Waals surface area contributed by atoms with Gasteiger partial charge in [-0.25, -0.2) is 0 Å². The first-order valence-electron chi connectivity index (χ1n) is 20.9. The van der Waals surface area contributed by atoms with Crippen molar-refractivity contribution in [2.75, 3.05) is 0 Å². The summed E-state index contributed by atoms with van der Waals surface area (Å²) >= 11 is 0. The molecule has 0 unspecified atom stereocenters. The lowest BCUT2D eigenvalue weighted by Crippen LogP contribution is -2.75. The van der Waals surface area contributed by atoms with Gasteiger partial charge in [-0.3, -0.25) is 4.79 Å². The van der Waals surface area contributed by atoms with E-state index in [1.165, 1.54) is 5.69 Å². The fourth-order valence-corrected chi connectivity index (χ4v) is 8.10. The molecule has 5 aromatic carbocycles. The Balaban J connectivity index is 0.000000483. The largest absolute Gasteiger partial charge is 0.416 e. The number of carbonyl (C=O) groups is 1. The molecule has 27 heteroatoms. The lowest BCUT2D eigenvalue weighted by Gasteiger charge is -2.46. The number of alkyl halides is 24. The third kappa shape index (κ3) is 13.8. The summed E-state index contributed by atoms with van der Waals surface area (Å²) in [5.41, 5.74) is -28.3. The second-order valence-corrected chi connectivity index (χ2v) is 16.9. The predicted molar refractivity (Wildman–Crippen MR) is 222 cm³/mol. The van der Waals surface area contributed by atoms with Crippen LogP contribution < -0.4 is 26.4 Å². The molecule has 0 saturated carbocycles. The Bertz CT molecular complexity index is 2570. The van der Waals surface area contributed by atoms with E-state index in [2.05, 4.69) is 19.9 Å². The van der Waals surface area contributed by atoms with Crippen LogP contribution in [0, 0.1) is 0 Å². The van der Waals surface area contributed by atoms with E-state index < -0.39 is 195 Å². The number of benzene rings is 5. The highest BCUT2D eigenvalue weighted by atomic mass is 19.4. The third-order valence-corrected chi connectivity index (χ3v) is 11.4. The van der Waals surface area contributed by atoms with Crippen LogP contribution in [-0.2, 0) is 56.0 Å². The van der Waals surface area contributed by atoms with Gasteiger partial charge < -0.3 is 0 Å². The molecule has 1 heterocycles. The van der Waals surface area contributed by atoms with Crippen molar-refractivity contribution in [3.63, 3.8) is 0 Å². The molecule has 0 N–H and O–H groups in total. The maximum atomic E-state index is 14.2. The van der Waals surface area contributed by atoms with Gasteiger partial charge in [-0.15, -0.1) is 0 Å². The molecule has 0 bridgehead atoms. The van der Waals surface area contributed by atoms with Crippen LogP contribution in [0.5, 0.6) is 0 Å². The molecule has 75 heavy (non-hydrogen) atoms. The number of nitrogens with zero attached hydrogens (tertiary/aromatic N) is 1. The Kier molecular flexibility index (Phi) is 16.1. The van der Waals surface area contributed by atoms with E-state index in [1.54, 1.807) is 0 Å².